The van der Waals surface area contributed by atoms with Gasteiger partial charge in [-0.05, 0) is 31.2 Å². The summed E-state index contributed by atoms with van der Waals surface area (Å²) >= 11 is 0. The van der Waals surface area contributed by atoms with Crippen LogP contribution in [0.15, 0.2) is 36.5 Å². The van der Waals surface area contributed by atoms with E-state index in [1.165, 1.54) is 0 Å². The van der Waals surface area contributed by atoms with E-state index in [1.54, 1.807) is 6.20 Å². The molecule has 1 heterocycles. The van der Waals surface area contributed by atoms with Crippen molar-refractivity contribution in [2.24, 2.45) is 5.92 Å². The van der Waals surface area contributed by atoms with Gasteiger partial charge in [-0.2, -0.15) is 5.10 Å². The van der Waals surface area contributed by atoms with E-state index in [2.05, 4.69) is 10.4 Å². The van der Waals surface area contributed by atoms with E-state index in [0.717, 1.165) is 11.3 Å². The fraction of sp³-hybridized carbons (Fsp3) is 0.421. The van der Waals surface area contributed by atoms with E-state index >= 15 is 0 Å². The highest BCUT2D eigenvalue weighted by atomic mass is 16.4. The molecule has 0 unspecified atom stereocenters. The molecule has 132 valence electrons. The van der Waals surface area contributed by atoms with Crippen molar-refractivity contribution >= 4 is 11.9 Å². The summed E-state index contributed by atoms with van der Waals surface area (Å²) in [4.78, 5) is 23.7. The summed E-state index contributed by atoms with van der Waals surface area (Å²) < 4.78 is 1.86. The van der Waals surface area contributed by atoms with Crippen molar-refractivity contribution in [1.82, 2.24) is 15.1 Å². The molecule has 1 aromatic heterocycles. The van der Waals surface area contributed by atoms with E-state index < -0.39 is 5.97 Å². The Morgan fingerprint density at radius 3 is 2.68 bits per heavy atom. The van der Waals surface area contributed by atoms with Crippen LogP contribution in [0.5, 0.6) is 0 Å². The molecule has 0 radical (unpaired) electrons. The Kier molecular flexibility index (Phi) is 5.16. The van der Waals surface area contributed by atoms with Gasteiger partial charge in [0.1, 0.15) is 0 Å². The van der Waals surface area contributed by atoms with Gasteiger partial charge in [-0.15, -0.1) is 0 Å². The van der Waals surface area contributed by atoms with Crippen molar-refractivity contribution in [3.05, 3.63) is 53.3 Å². The topological polar surface area (TPSA) is 84.2 Å². The summed E-state index contributed by atoms with van der Waals surface area (Å²) in [5.74, 6) is -1.29. The first kappa shape index (κ1) is 17.2. The molecule has 1 aliphatic carbocycles. The molecule has 1 fully saturated rings. The molecule has 1 aliphatic rings. The zero-order chi connectivity index (χ0) is 17.8. The number of carboxylic acids is 1. The molecular formula is C19H23N3O3. The van der Waals surface area contributed by atoms with Crippen molar-refractivity contribution < 1.29 is 14.7 Å². The SMILES string of the molecule is CCc1c(C(=O)N[C@@H]2CC[C@H](C(=O)O)C2)cnn1Cc1ccccc1. The van der Waals surface area contributed by atoms with E-state index in [0.29, 0.717) is 37.8 Å². The van der Waals surface area contributed by atoms with Crippen LogP contribution in [-0.4, -0.2) is 32.8 Å². The van der Waals surface area contributed by atoms with Crippen LogP contribution >= 0.6 is 0 Å². The molecule has 0 saturated heterocycles. The molecule has 0 spiro atoms. The molecule has 1 saturated carbocycles. The fourth-order valence-electron chi connectivity index (χ4n) is 3.47. The quantitative estimate of drug-likeness (QED) is 0.845. The van der Waals surface area contributed by atoms with Crippen LogP contribution in [0.4, 0.5) is 0 Å². The number of nitrogens with zero attached hydrogens (tertiary/aromatic N) is 2. The highest BCUT2D eigenvalue weighted by Crippen LogP contribution is 2.26. The predicted octanol–water partition coefficient (Wildman–Crippen LogP) is 2.48. The van der Waals surface area contributed by atoms with Gasteiger partial charge in [-0.3, -0.25) is 14.3 Å². The van der Waals surface area contributed by atoms with Crippen LogP contribution < -0.4 is 5.32 Å². The highest BCUT2D eigenvalue weighted by Gasteiger charge is 2.31. The molecule has 1 aromatic carbocycles. The number of carbonyl (C=O) groups excluding carboxylic acids is 1. The van der Waals surface area contributed by atoms with E-state index in [4.69, 9.17) is 5.11 Å². The average Bonchev–Trinajstić information content (AvgIpc) is 3.22. The summed E-state index contributed by atoms with van der Waals surface area (Å²) in [6.45, 7) is 2.63. The number of benzene rings is 1. The number of rotatable bonds is 6. The lowest BCUT2D eigenvalue weighted by atomic mass is 10.1. The van der Waals surface area contributed by atoms with Gasteiger partial charge < -0.3 is 10.4 Å². The normalized spacial score (nSPS) is 19.7. The second kappa shape index (κ2) is 7.51. The smallest absolute Gasteiger partial charge is 0.306 e. The molecule has 3 rings (SSSR count). The molecule has 2 N–H and O–H groups in total. The summed E-state index contributed by atoms with van der Waals surface area (Å²) in [5, 5.41) is 16.4. The van der Waals surface area contributed by atoms with E-state index in [-0.39, 0.29) is 17.9 Å². The third-order valence-electron chi connectivity index (χ3n) is 4.82. The average molecular weight is 341 g/mol. The number of hydrogen-bond acceptors (Lipinski definition) is 3. The van der Waals surface area contributed by atoms with Gasteiger partial charge in [0.25, 0.3) is 5.91 Å². The minimum Gasteiger partial charge on any atom is -0.481 e. The number of nitrogens with one attached hydrogen (secondary N) is 1. The Hall–Kier alpha value is -2.63. The van der Waals surface area contributed by atoms with Crippen LogP contribution in [0.25, 0.3) is 0 Å². The lowest BCUT2D eigenvalue weighted by Gasteiger charge is -2.13. The lowest BCUT2D eigenvalue weighted by molar-refractivity contribution is -0.141. The molecule has 6 heteroatoms. The standard InChI is InChI=1S/C19H23N3O3/c1-2-17-16(11-20-22(17)12-13-6-4-3-5-7-13)18(23)21-15-9-8-14(10-15)19(24)25/h3-7,11,14-15H,2,8-10,12H2,1H3,(H,21,23)(H,24,25)/t14-,15+/m0/s1. The second-order valence-electron chi connectivity index (χ2n) is 6.52. The third-order valence-corrected chi connectivity index (χ3v) is 4.82. The number of hydrogen-bond donors (Lipinski definition) is 2. The van der Waals surface area contributed by atoms with Crippen LogP contribution in [0.1, 0.15) is 47.8 Å². The fourth-order valence-corrected chi connectivity index (χ4v) is 3.47. The van der Waals surface area contributed by atoms with Gasteiger partial charge in [-0.25, -0.2) is 0 Å². The maximum atomic E-state index is 12.6. The monoisotopic (exact) mass is 341 g/mol. The molecular weight excluding hydrogens is 318 g/mol. The molecule has 2 atom stereocenters. The van der Waals surface area contributed by atoms with Crippen LogP contribution in [-0.2, 0) is 17.8 Å². The van der Waals surface area contributed by atoms with Crippen molar-refractivity contribution in [3.63, 3.8) is 0 Å². The number of carbonyl (C=O) groups is 2. The molecule has 0 bridgehead atoms. The summed E-state index contributed by atoms with van der Waals surface area (Å²) in [6.07, 6.45) is 4.15. The Labute approximate surface area is 146 Å². The molecule has 25 heavy (non-hydrogen) atoms. The minimum absolute atomic E-state index is 0.0734. The van der Waals surface area contributed by atoms with Crippen molar-refractivity contribution in [1.29, 1.82) is 0 Å². The highest BCUT2D eigenvalue weighted by molar-refractivity contribution is 5.95. The van der Waals surface area contributed by atoms with Gasteiger partial charge in [0, 0.05) is 6.04 Å². The Morgan fingerprint density at radius 2 is 2.04 bits per heavy atom. The van der Waals surface area contributed by atoms with Crippen molar-refractivity contribution in [2.45, 2.75) is 45.2 Å². The van der Waals surface area contributed by atoms with Gasteiger partial charge >= 0.3 is 5.97 Å². The lowest BCUT2D eigenvalue weighted by Crippen LogP contribution is -2.33. The zero-order valence-corrected chi connectivity index (χ0v) is 14.3. The number of amides is 1. The number of aliphatic carboxylic acids is 1. The molecule has 6 nitrogen and oxygen atoms in total. The van der Waals surface area contributed by atoms with E-state index in [1.807, 2.05) is 41.9 Å². The van der Waals surface area contributed by atoms with Gasteiger partial charge in [0.15, 0.2) is 0 Å². The Balaban J connectivity index is 1.70. The first-order chi connectivity index (χ1) is 12.1. The zero-order valence-electron chi connectivity index (χ0n) is 14.3. The number of carboxylic acid groups (broad SMARTS) is 1. The first-order valence-electron chi connectivity index (χ1n) is 8.70. The van der Waals surface area contributed by atoms with Crippen LogP contribution in [0.3, 0.4) is 0 Å². The molecule has 2 aromatic rings. The summed E-state index contributed by atoms with van der Waals surface area (Å²) in [7, 11) is 0. The van der Waals surface area contributed by atoms with Gasteiger partial charge in [0.2, 0.25) is 0 Å². The third kappa shape index (κ3) is 3.90. The van der Waals surface area contributed by atoms with Gasteiger partial charge in [0.05, 0.1) is 29.9 Å². The van der Waals surface area contributed by atoms with Crippen LogP contribution in [0, 0.1) is 5.92 Å². The summed E-state index contributed by atoms with van der Waals surface area (Å²) in [5.41, 5.74) is 2.61. The summed E-state index contributed by atoms with van der Waals surface area (Å²) in [6, 6.07) is 9.93. The van der Waals surface area contributed by atoms with E-state index in [9.17, 15) is 9.59 Å². The second-order valence-corrected chi connectivity index (χ2v) is 6.52. The maximum Gasteiger partial charge on any atom is 0.306 e. The Morgan fingerprint density at radius 1 is 1.28 bits per heavy atom. The predicted molar refractivity (Wildman–Crippen MR) is 93.4 cm³/mol. The van der Waals surface area contributed by atoms with Crippen LogP contribution in [0.2, 0.25) is 0 Å². The largest absolute Gasteiger partial charge is 0.481 e. The molecule has 0 aliphatic heterocycles. The maximum absolute atomic E-state index is 12.6. The van der Waals surface area contributed by atoms with Gasteiger partial charge in [-0.1, -0.05) is 37.3 Å². The first-order valence-corrected chi connectivity index (χ1v) is 8.70. The Bertz CT molecular complexity index is 755. The van der Waals surface area contributed by atoms with Crippen molar-refractivity contribution in [2.75, 3.05) is 0 Å². The minimum atomic E-state index is -0.776. The number of aromatic nitrogens is 2. The van der Waals surface area contributed by atoms with Crippen molar-refractivity contribution in [3.8, 4) is 0 Å². The molecule has 1 amide bonds.